The Labute approximate surface area is 76.1 Å². The molecule has 0 radical (unpaired) electrons. The van der Waals surface area contributed by atoms with E-state index in [9.17, 15) is 0 Å². The number of hydrogen-bond acceptors (Lipinski definition) is 1. The van der Waals surface area contributed by atoms with E-state index in [4.69, 9.17) is 0 Å². The standard InChI is InChI=1S/C11H19N/c1-5-6-7-8-9-10-11(2)12(3)4/h5,9-10H,1-2,6-8H2,3-4H3/b10-9+. The Morgan fingerprint density at radius 3 is 2.50 bits per heavy atom. The van der Waals surface area contributed by atoms with E-state index in [0.717, 1.165) is 18.5 Å². The third-order valence-electron chi connectivity index (χ3n) is 1.66. The third-order valence-corrected chi connectivity index (χ3v) is 1.66. The van der Waals surface area contributed by atoms with Crippen molar-refractivity contribution in [2.24, 2.45) is 0 Å². The van der Waals surface area contributed by atoms with Crippen molar-refractivity contribution in [1.82, 2.24) is 4.90 Å². The monoisotopic (exact) mass is 165 g/mol. The van der Waals surface area contributed by atoms with Gasteiger partial charge in [-0.2, -0.15) is 0 Å². The topological polar surface area (TPSA) is 3.24 Å². The number of nitrogens with zero attached hydrogens (tertiary/aromatic N) is 1. The maximum atomic E-state index is 3.89. The van der Waals surface area contributed by atoms with Crippen molar-refractivity contribution in [3.8, 4) is 0 Å². The minimum atomic E-state index is 1.05. The molecule has 0 amide bonds. The molecule has 0 aliphatic carbocycles. The number of allylic oxidation sites excluding steroid dienone is 3. The first-order chi connectivity index (χ1) is 5.68. The predicted molar refractivity (Wildman–Crippen MR) is 56.0 cm³/mol. The normalized spacial score (nSPS) is 10.2. The largest absolute Gasteiger partial charge is 0.378 e. The summed E-state index contributed by atoms with van der Waals surface area (Å²) >= 11 is 0. The fourth-order valence-electron chi connectivity index (χ4n) is 0.748. The summed E-state index contributed by atoms with van der Waals surface area (Å²) in [6.07, 6.45) is 9.56. The molecule has 0 aliphatic heterocycles. The molecular weight excluding hydrogens is 146 g/mol. The molecule has 68 valence electrons. The van der Waals surface area contributed by atoms with Crippen LogP contribution in [0.2, 0.25) is 0 Å². The molecule has 1 nitrogen and oxygen atoms in total. The van der Waals surface area contributed by atoms with Gasteiger partial charge in [-0.05, 0) is 25.3 Å². The molecule has 0 heterocycles. The van der Waals surface area contributed by atoms with Crippen molar-refractivity contribution in [3.63, 3.8) is 0 Å². The maximum Gasteiger partial charge on any atom is 0.0284 e. The minimum Gasteiger partial charge on any atom is -0.378 e. The minimum absolute atomic E-state index is 1.05. The zero-order chi connectivity index (χ0) is 9.40. The van der Waals surface area contributed by atoms with Gasteiger partial charge in [0.1, 0.15) is 0 Å². The second-order valence-electron chi connectivity index (χ2n) is 3.01. The van der Waals surface area contributed by atoms with Gasteiger partial charge in [0.2, 0.25) is 0 Å². The van der Waals surface area contributed by atoms with Crippen LogP contribution in [0.3, 0.4) is 0 Å². The van der Waals surface area contributed by atoms with Crippen molar-refractivity contribution >= 4 is 0 Å². The number of rotatable bonds is 6. The number of likely N-dealkylation sites (N-methyl/N-ethyl adjacent to an activating group) is 1. The lowest BCUT2D eigenvalue weighted by Crippen LogP contribution is -2.07. The molecule has 0 N–H and O–H groups in total. The second-order valence-corrected chi connectivity index (χ2v) is 3.01. The summed E-state index contributed by atoms with van der Waals surface area (Å²) in [6.45, 7) is 7.56. The smallest absolute Gasteiger partial charge is 0.0284 e. The van der Waals surface area contributed by atoms with E-state index in [2.05, 4.69) is 25.3 Å². The van der Waals surface area contributed by atoms with E-state index in [1.54, 1.807) is 0 Å². The molecule has 0 saturated carbocycles. The SMILES string of the molecule is C=CCCC/C=C/C(=C)N(C)C. The zero-order valence-corrected chi connectivity index (χ0v) is 8.21. The molecule has 12 heavy (non-hydrogen) atoms. The third kappa shape index (κ3) is 5.78. The predicted octanol–water partition coefficient (Wildman–Crippen LogP) is 2.97. The summed E-state index contributed by atoms with van der Waals surface area (Å²) in [6, 6.07) is 0. The highest BCUT2D eigenvalue weighted by Crippen LogP contribution is 2.01. The molecular formula is C11H19N. The molecule has 0 aromatic rings. The van der Waals surface area contributed by atoms with Crippen molar-refractivity contribution in [2.45, 2.75) is 19.3 Å². The van der Waals surface area contributed by atoms with Crippen molar-refractivity contribution < 1.29 is 0 Å². The van der Waals surface area contributed by atoms with Crippen LogP contribution in [0.1, 0.15) is 19.3 Å². The lowest BCUT2D eigenvalue weighted by atomic mass is 10.2. The van der Waals surface area contributed by atoms with Crippen molar-refractivity contribution in [1.29, 1.82) is 0 Å². The fraction of sp³-hybridized carbons (Fsp3) is 0.455. The summed E-state index contributed by atoms with van der Waals surface area (Å²) in [4.78, 5) is 2.00. The average molecular weight is 165 g/mol. The van der Waals surface area contributed by atoms with E-state index in [-0.39, 0.29) is 0 Å². The van der Waals surface area contributed by atoms with Gasteiger partial charge in [0.05, 0.1) is 0 Å². The van der Waals surface area contributed by atoms with E-state index in [1.807, 2.05) is 25.1 Å². The first kappa shape index (κ1) is 11.0. The summed E-state index contributed by atoms with van der Waals surface area (Å²) in [5, 5.41) is 0. The van der Waals surface area contributed by atoms with Crippen molar-refractivity contribution in [3.05, 3.63) is 37.1 Å². The number of unbranched alkanes of at least 4 members (excludes halogenated alkanes) is 2. The van der Waals surface area contributed by atoms with E-state index in [0.29, 0.717) is 0 Å². The lowest BCUT2D eigenvalue weighted by molar-refractivity contribution is 0.532. The fourth-order valence-corrected chi connectivity index (χ4v) is 0.748. The molecule has 0 rings (SSSR count). The van der Waals surface area contributed by atoms with E-state index in [1.165, 1.54) is 6.42 Å². The molecule has 0 aliphatic rings. The quantitative estimate of drug-likeness (QED) is 0.332. The Hall–Kier alpha value is -0.980. The summed E-state index contributed by atoms with van der Waals surface area (Å²) < 4.78 is 0. The highest BCUT2D eigenvalue weighted by atomic mass is 15.1. The summed E-state index contributed by atoms with van der Waals surface area (Å²) in [5.74, 6) is 0. The van der Waals surface area contributed by atoms with Crippen LogP contribution >= 0.6 is 0 Å². The Bertz CT molecular complexity index is 166. The van der Waals surface area contributed by atoms with E-state index < -0.39 is 0 Å². The van der Waals surface area contributed by atoms with Gasteiger partial charge < -0.3 is 4.90 Å². The molecule has 0 aromatic heterocycles. The zero-order valence-electron chi connectivity index (χ0n) is 8.21. The van der Waals surface area contributed by atoms with Crippen LogP contribution in [0.4, 0.5) is 0 Å². The Morgan fingerprint density at radius 1 is 1.33 bits per heavy atom. The van der Waals surface area contributed by atoms with Gasteiger partial charge >= 0.3 is 0 Å². The van der Waals surface area contributed by atoms with Gasteiger partial charge in [0.15, 0.2) is 0 Å². The van der Waals surface area contributed by atoms with Gasteiger partial charge in [-0.15, -0.1) is 6.58 Å². The van der Waals surface area contributed by atoms with Crippen LogP contribution in [0.5, 0.6) is 0 Å². The van der Waals surface area contributed by atoms with Crippen LogP contribution in [-0.4, -0.2) is 19.0 Å². The van der Waals surface area contributed by atoms with Gasteiger partial charge in [0, 0.05) is 19.8 Å². The molecule has 0 fully saturated rings. The van der Waals surface area contributed by atoms with Crippen molar-refractivity contribution in [2.75, 3.05) is 14.1 Å². The molecule has 0 saturated heterocycles. The molecule has 0 bridgehead atoms. The second kappa shape index (κ2) is 6.71. The van der Waals surface area contributed by atoms with Crippen LogP contribution in [-0.2, 0) is 0 Å². The van der Waals surface area contributed by atoms with Crippen LogP contribution in [0, 0.1) is 0 Å². The maximum absolute atomic E-state index is 3.89. The lowest BCUT2D eigenvalue weighted by Gasteiger charge is -2.10. The van der Waals surface area contributed by atoms with Gasteiger partial charge in [-0.1, -0.05) is 18.7 Å². The highest BCUT2D eigenvalue weighted by Gasteiger charge is 1.87. The molecule has 0 unspecified atom stereocenters. The van der Waals surface area contributed by atoms with Crippen LogP contribution in [0.15, 0.2) is 37.1 Å². The molecule has 0 spiro atoms. The first-order valence-electron chi connectivity index (χ1n) is 4.32. The Morgan fingerprint density at radius 2 is 2.00 bits per heavy atom. The first-order valence-corrected chi connectivity index (χ1v) is 4.32. The highest BCUT2D eigenvalue weighted by molar-refractivity contribution is 5.11. The molecule has 0 atom stereocenters. The summed E-state index contributed by atoms with van der Waals surface area (Å²) in [5.41, 5.74) is 1.05. The average Bonchev–Trinajstić information content (AvgIpc) is 2.03. The van der Waals surface area contributed by atoms with E-state index >= 15 is 0 Å². The molecule has 0 aromatic carbocycles. The van der Waals surface area contributed by atoms with Gasteiger partial charge in [0.25, 0.3) is 0 Å². The van der Waals surface area contributed by atoms with Gasteiger partial charge in [-0.3, -0.25) is 0 Å². The Kier molecular flexibility index (Phi) is 6.16. The number of hydrogen-bond donors (Lipinski definition) is 0. The Balaban J connectivity index is 3.48. The van der Waals surface area contributed by atoms with Crippen LogP contribution < -0.4 is 0 Å². The van der Waals surface area contributed by atoms with Gasteiger partial charge in [-0.25, -0.2) is 0 Å². The summed E-state index contributed by atoms with van der Waals surface area (Å²) in [7, 11) is 3.99. The molecule has 1 heteroatoms. The van der Waals surface area contributed by atoms with Crippen LogP contribution in [0.25, 0.3) is 0 Å².